The highest BCUT2D eigenvalue weighted by Crippen LogP contribution is 2.23. The van der Waals surface area contributed by atoms with Gasteiger partial charge in [-0.1, -0.05) is 0 Å². The Morgan fingerprint density at radius 3 is 2.63 bits per heavy atom. The van der Waals surface area contributed by atoms with E-state index in [-0.39, 0.29) is 11.3 Å². The monoisotopic (exact) mass is 264 g/mol. The molecule has 0 radical (unpaired) electrons. The van der Waals surface area contributed by atoms with Gasteiger partial charge >= 0.3 is 0 Å². The third-order valence-corrected chi connectivity index (χ3v) is 2.76. The number of ether oxygens (including phenoxy) is 2. The molecular formula is C13H13FN2O3. The Hall–Kier alpha value is -2.37. The van der Waals surface area contributed by atoms with E-state index in [2.05, 4.69) is 5.10 Å². The molecule has 1 heterocycles. The Balaban J connectivity index is 2.47. The molecule has 0 N–H and O–H groups in total. The molecule has 2 aromatic rings. The summed E-state index contributed by atoms with van der Waals surface area (Å²) in [5.74, 6) is -0.474. The van der Waals surface area contributed by atoms with Crippen molar-refractivity contribution in [2.45, 2.75) is 0 Å². The number of methoxy groups -OCH3 is 2. The number of ketones is 1. The molecule has 0 amide bonds. The van der Waals surface area contributed by atoms with Crippen molar-refractivity contribution in [2.24, 2.45) is 7.05 Å². The second-order valence-corrected chi connectivity index (χ2v) is 3.86. The molecule has 0 atom stereocenters. The summed E-state index contributed by atoms with van der Waals surface area (Å²) in [5.41, 5.74) is 0.147. The van der Waals surface area contributed by atoms with Crippen LogP contribution >= 0.6 is 0 Å². The SMILES string of the molecule is COc1ccc(C(=O)c2c(OC)cnn2C)c(F)c1. The molecule has 0 unspecified atom stereocenters. The fourth-order valence-corrected chi connectivity index (χ4v) is 1.76. The van der Waals surface area contributed by atoms with Crippen LogP contribution in [0.5, 0.6) is 11.5 Å². The molecule has 0 aliphatic heterocycles. The van der Waals surface area contributed by atoms with Gasteiger partial charge in [-0.3, -0.25) is 9.48 Å². The van der Waals surface area contributed by atoms with Crippen LogP contribution in [0.25, 0.3) is 0 Å². The summed E-state index contributed by atoms with van der Waals surface area (Å²) in [6.07, 6.45) is 1.41. The lowest BCUT2D eigenvalue weighted by atomic mass is 10.1. The van der Waals surface area contributed by atoms with E-state index in [0.29, 0.717) is 11.5 Å². The minimum atomic E-state index is -0.646. The van der Waals surface area contributed by atoms with E-state index in [1.807, 2.05) is 0 Å². The van der Waals surface area contributed by atoms with Crippen molar-refractivity contribution < 1.29 is 18.7 Å². The third-order valence-electron chi connectivity index (χ3n) is 2.76. The number of hydrogen-bond donors (Lipinski definition) is 0. The summed E-state index contributed by atoms with van der Waals surface area (Å²) in [7, 11) is 4.45. The Bertz CT molecular complexity index is 622. The number of benzene rings is 1. The first-order valence-corrected chi connectivity index (χ1v) is 5.52. The maximum atomic E-state index is 13.9. The van der Waals surface area contributed by atoms with Gasteiger partial charge in [0.15, 0.2) is 11.4 Å². The van der Waals surface area contributed by atoms with E-state index < -0.39 is 11.6 Å². The Labute approximate surface area is 109 Å². The predicted molar refractivity (Wildman–Crippen MR) is 66.1 cm³/mol. The molecule has 19 heavy (non-hydrogen) atoms. The van der Waals surface area contributed by atoms with E-state index in [9.17, 15) is 9.18 Å². The standard InChI is InChI=1S/C13H13FN2O3/c1-16-12(11(19-3)7-15-16)13(17)9-5-4-8(18-2)6-10(9)14/h4-7H,1-3H3. The third kappa shape index (κ3) is 2.29. The minimum Gasteiger partial charge on any atom is -0.497 e. The van der Waals surface area contributed by atoms with E-state index in [4.69, 9.17) is 9.47 Å². The van der Waals surface area contributed by atoms with Gasteiger partial charge in [-0.15, -0.1) is 0 Å². The van der Waals surface area contributed by atoms with E-state index in [1.54, 1.807) is 7.05 Å². The highest BCUT2D eigenvalue weighted by atomic mass is 19.1. The summed E-state index contributed by atoms with van der Waals surface area (Å²) < 4.78 is 25.2. The molecule has 0 saturated carbocycles. The van der Waals surface area contributed by atoms with Crippen LogP contribution in [0.2, 0.25) is 0 Å². The quantitative estimate of drug-likeness (QED) is 0.790. The normalized spacial score (nSPS) is 10.3. The fraction of sp³-hybridized carbons (Fsp3) is 0.231. The van der Waals surface area contributed by atoms with Crippen molar-refractivity contribution in [2.75, 3.05) is 14.2 Å². The number of carbonyl (C=O) groups is 1. The van der Waals surface area contributed by atoms with Gasteiger partial charge in [0.25, 0.3) is 0 Å². The van der Waals surface area contributed by atoms with Crippen molar-refractivity contribution in [1.29, 1.82) is 0 Å². The molecule has 1 aromatic heterocycles. The van der Waals surface area contributed by atoms with Crippen molar-refractivity contribution in [3.63, 3.8) is 0 Å². The number of rotatable bonds is 4. The van der Waals surface area contributed by atoms with Crippen molar-refractivity contribution in [1.82, 2.24) is 9.78 Å². The van der Waals surface area contributed by atoms with Gasteiger partial charge < -0.3 is 9.47 Å². The number of nitrogens with zero attached hydrogens (tertiary/aromatic N) is 2. The van der Waals surface area contributed by atoms with Crippen molar-refractivity contribution >= 4 is 5.78 Å². The van der Waals surface area contributed by atoms with Gasteiger partial charge in [-0.05, 0) is 12.1 Å². The van der Waals surface area contributed by atoms with Crippen LogP contribution in [-0.4, -0.2) is 29.8 Å². The molecule has 0 fully saturated rings. The maximum Gasteiger partial charge on any atom is 0.217 e. The summed E-state index contributed by atoms with van der Waals surface area (Å²) in [6, 6.07) is 4.07. The lowest BCUT2D eigenvalue weighted by molar-refractivity contribution is 0.102. The van der Waals surface area contributed by atoms with Crippen LogP contribution in [0.1, 0.15) is 16.1 Å². The van der Waals surface area contributed by atoms with Crippen LogP contribution in [-0.2, 0) is 7.05 Å². The zero-order valence-corrected chi connectivity index (χ0v) is 10.8. The van der Waals surface area contributed by atoms with Gasteiger partial charge in [0.05, 0.1) is 26.0 Å². The van der Waals surface area contributed by atoms with Crippen LogP contribution in [0.3, 0.4) is 0 Å². The highest BCUT2D eigenvalue weighted by molar-refractivity contribution is 6.09. The number of aryl methyl sites for hydroxylation is 1. The molecule has 0 bridgehead atoms. The second-order valence-electron chi connectivity index (χ2n) is 3.86. The smallest absolute Gasteiger partial charge is 0.217 e. The van der Waals surface area contributed by atoms with Gasteiger partial charge in [0.2, 0.25) is 5.78 Å². The van der Waals surface area contributed by atoms with Crippen LogP contribution < -0.4 is 9.47 Å². The highest BCUT2D eigenvalue weighted by Gasteiger charge is 2.22. The molecule has 0 aliphatic carbocycles. The molecule has 0 aliphatic rings. The molecule has 0 saturated heterocycles. The molecule has 0 spiro atoms. The molecule has 5 nitrogen and oxygen atoms in total. The van der Waals surface area contributed by atoms with Crippen LogP contribution in [0.4, 0.5) is 4.39 Å². The van der Waals surface area contributed by atoms with Gasteiger partial charge in [0.1, 0.15) is 11.6 Å². The first-order chi connectivity index (χ1) is 9.08. The van der Waals surface area contributed by atoms with E-state index in [1.165, 1.54) is 37.2 Å². The summed E-state index contributed by atoms with van der Waals surface area (Å²) in [4.78, 5) is 12.3. The average molecular weight is 264 g/mol. The van der Waals surface area contributed by atoms with Crippen molar-refractivity contribution in [3.05, 3.63) is 41.5 Å². The Morgan fingerprint density at radius 2 is 2.05 bits per heavy atom. The second kappa shape index (κ2) is 5.09. The number of aromatic nitrogens is 2. The van der Waals surface area contributed by atoms with Crippen LogP contribution in [0, 0.1) is 5.82 Å². The topological polar surface area (TPSA) is 53.4 Å². The number of hydrogen-bond acceptors (Lipinski definition) is 4. The maximum absolute atomic E-state index is 13.9. The van der Waals surface area contributed by atoms with Gasteiger partial charge in [-0.2, -0.15) is 5.10 Å². The summed E-state index contributed by atoms with van der Waals surface area (Å²) >= 11 is 0. The molecule has 2 rings (SSSR count). The fourth-order valence-electron chi connectivity index (χ4n) is 1.76. The zero-order chi connectivity index (χ0) is 14.0. The van der Waals surface area contributed by atoms with Gasteiger partial charge in [0, 0.05) is 13.1 Å². The van der Waals surface area contributed by atoms with Crippen molar-refractivity contribution in [3.8, 4) is 11.5 Å². The molecular weight excluding hydrogens is 251 g/mol. The summed E-state index contributed by atoms with van der Waals surface area (Å²) in [6.45, 7) is 0. The van der Waals surface area contributed by atoms with Gasteiger partial charge in [-0.25, -0.2) is 4.39 Å². The van der Waals surface area contributed by atoms with E-state index in [0.717, 1.165) is 6.07 Å². The zero-order valence-electron chi connectivity index (χ0n) is 10.8. The molecule has 1 aromatic carbocycles. The lowest BCUT2D eigenvalue weighted by Gasteiger charge is -2.07. The molecule has 100 valence electrons. The van der Waals surface area contributed by atoms with E-state index >= 15 is 0 Å². The molecule has 6 heteroatoms. The predicted octanol–water partition coefficient (Wildman–Crippen LogP) is 1.81. The number of carbonyl (C=O) groups excluding carboxylic acids is 1. The average Bonchev–Trinajstić information content (AvgIpc) is 2.78. The minimum absolute atomic E-state index is 0.0531. The Morgan fingerprint density at radius 1 is 1.32 bits per heavy atom. The number of halogens is 1. The first-order valence-electron chi connectivity index (χ1n) is 5.52. The Kier molecular flexibility index (Phi) is 3.50. The largest absolute Gasteiger partial charge is 0.497 e. The van der Waals surface area contributed by atoms with Crippen LogP contribution in [0.15, 0.2) is 24.4 Å². The summed E-state index contributed by atoms with van der Waals surface area (Å²) in [5, 5.41) is 3.92. The lowest BCUT2D eigenvalue weighted by Crippen LogP contribution is -2.11. The first kappa shape index (κ1) is 13.1.